The molecule has 4 aromatic heterocycles. The van der Waals surface area contributed by atoms with Gasteiger partial charge in [0.2, 0.25) is 0 Å². The zero-order valence-electron chi connectivity index (χ0n) is 30.4. The first-order valence-electron chi connectivity index (χ1n) is 19.0. The lowest BCUT2D eigenvalue weighted by molar-refractivity contribution is 1.07. The number of aromatic nitrogens is 4. The van der Waals surface area contributed by atoms with Crippen molar-refractivity contribution in [3.63, 3.8) is 0 Å². The molecule has 0 amide bonds. The van der Waals surface area contributed by atoms with E-state index in [1.165, 1.54) is 62.2 Å². The second-order valence-corrected chi connectivity index (χ2v) is 16.4. The van der Waals surface area contributed by atoms with E-state index in [1.54, 1.807) is 0 Å². The van der Waals surface area contributed by atoms with Gasteiger partial charge >= 0.3 is 0 Å². The molecule has 0 aliphatic heterocycles. The number of thiophene rings is 2. The number of fused-ring (bicyclic) bond motifs is 10. The Morgan fingerprint density at radius 3 is 1.67 bits per heavy atom. The molecular weight excluding hydrogens is 733 g/mol. The minimum Gasteiger partial charge on any atom is -0.309 e. The SMILES string of the molecule is c1ccc(-c2nc(-c3ccccc3)nc(-c3cccc(-n4c5ccccc5c5cc(-c6cccc7c6sc6c7ccc7c8ccccc8sc76)ccc54)c3)n2)cc1. The molecule has 0 unspecified atom stereocenters. The van der Waals surface area contributed by atoms with E-state index in [2.05, 4.69) is 126 Å². The second kappa shape index (κ2) is 12.8. The Bertz CT molecular complexity index is 3470. The smallest absolute Gasteiger partial charge is 0.164 e. The summed E-state index contributed by atoms with van der Waals surface area (Å²) in [7, 11) is 0. The average molecular weight is 763 g/mol. The maximum atomic E-state index is 5.03. The molecule has 0 saturated heterocycles. The van der Waals surface area contributed by atoms with Crippen molar-refractivity contribution in [2.45, 2.75) is 0 Å². The molecule has 6 heteroatoms. The van der Waals surface area contributed by atoms with Gasteiger partial charge in [-0.05, 0) is 47.5 Å². The summed E-state index contributed by atoms with van der Waals surface area (Å²) in [5.41, 5.74) is 8.67. The van der Waals surface area contributed by atoms with Crippen LogP contribution in [0.15, 0.2) is 182 Å². The van der Waals surface area contributed by atoms with Crippen LogP contribution >= 0.6 is 22.7 Å². The lowest BCUT2D eigenvalue weighted by Gasteiger charge is -2.12. The van der Waals surface area contributed by atoms with Gasteiger partial charge in [0.25, 0.3) is 0 Å². The molecule has 4 nitrogen and oxygen atoms in total. The zero-order valence-corrected chi connectivity index (χ0v) is 32.1. The van der Waals surface area contributed by atoms with Crippen LogP contribution in [0.5, 0.6) is 0 Å². The van der Waals surface area contributed by atoms with Crippen molar-refractivity contribution in [1.29, 1.82) is 0 Å². The van der Waals surface area contributed by atoms with Gasteiger partial charge in [0.1, 0.15) is 0 Å². The van der Waals surface area contributed by atoms with Crippen LogP contribution in [0.1, 0.15) is 0 Å². The van der Waals surface area contributed by atoms with Gasteiger partial charge in [-0.3, -0.25) is 0 Å². The van der Waals surface area contributed by atoms with E-state index >= 15 is 0 Å². The maximum Gasteiger partial charge on any atom is 0.164 e. The monoisotopic (exact) mass is 762 g/mol. The van der Waals surface area contributed by atoms with E-state index in [0.29, 0.717) is 17.5 Å². The highest BCUT2D eigenvalue weighted by atomic mass is 32.1. The molecule has 266 valence electrons. The molecule has 0 N–H and O–H groups in total. The number of nitrogens with zero attached hydrogens (tertiary/aromatic N) is 4. The van der Waals surface area contributed by atoms with Crippen molar-refractivity contribution < 1.29 is 0 Å². The summed E-state index contributed by atoms with van der Waals surface area (Å²) < 4.78 is 7.79. The van der Waals surface area contributed by atoms with Gasteiger partial charge in [0.05, 0.1) is 20.4 Å². The van der Waals surface area contributed by atoms with Crippen LogP contribution in [0.4, 0.5) is 0 Å². The molecule has 0 bridgehead atoms. The summed E-state index contributed by atoms with van der Waals surface area (Å²) in [6, 6.07) is 64.7. The van der Waals surface area contributed by atoms with Gasteiger partial charge in [-0.15, -0.1) is 22.7 Å². The Morgan fingerprint density at radius 1 is 0.333 bits per heavy atom. The van der Waals surface area contributed by atoms with Gasteiger partial charge in [0, 0.05) is 64.1 Å². The molecule has 0 radical (unpaired) electrons. The summed E-state index contributed by atoms with van der Waals surface area (Å²) in [4.78, 5) is 15.0. The van der Waals surface area contributed by atoms with Crippen LogP contribution in [0.3, 0.4) is 0 Å². The van der Waals surface area contributed by atoms with Crippen LogP contribution < -0.4 is 0 Å². The predicted octanol–water partition coefficient (Wildman–Crippen LogP) is 14.4. The van der Waals surface area contributed by atoms with Crippen molar-refractivity contribution in [2.75, 3.05) is 0 Å². The Labute approximate surface area is 335 Å². The van der Waals surface area contributed by atoms with Crippen LogP contribution in [-0.4, -0.2) is 19.5 Å². The fourth-order valence-corrected chi connectivity index (χ4v) is 11.1. The number of hydrogen-bond donors (Lipinski definition) is 0. The highest BCUT2D eigenvalue weighted by Gasteiger charge is 2.19. The van der Waals surface area contributed by atoms with E-state index < -0.39 is 0 Å². The van der Waals surface area contributed by atoms with Crippen molar-refractivity contribution >= 4 is 84.8 Å². The van der Waals surface area contributed by atoms with Crippen molar-refractivity contribution in [1.82, 2.24) is 19.5 Å². The van der Waals surface area contributed by atoms with Gasteiger partial charge < -0.3 is 4.57 Å². The first-order chi connectivity index (χ1) is 28.2. The fourth-order valence-electron chi connectivity index (χ4n) is 8.41. The molecule has 8 aromatic carbocycles. The number of hydrogen-bond acceptors (Lipinski definition) is 5. The lowest BCUT2D eigenvalue weighted by Crippen LogP contribution is -2.01. The standard InChI is InChI=1S/C51H30N4S2/c1-3-13-31(14-4-1)49-52-50(32-15-5-2-6-16-32)54-51(53-49)34-17-11-18-35(29-34)55-43-23-9-7-19-37(43)42-30-33(25-28-44(42)55)36-21-12-22-39-41-27-26-40-38-20-8-10-24-45(38)56-47(40)48(41)57-46(36)39/h1-30H. The fraction of sp³-hybridized carbons (Fsp3) is 0. The summed E-state index contributed by atoms with van der Waals surface area (Å²) in [6.45, 7) is 0. The number of benzene rings is 8. The Balaban J connectivity index is 1.01. The summed E-state index contributed by atoms with van der Waals surface area (Å²) in [6.07, 6.45) is 0. The van der Waals surface area contributed by atoms with Crippen molar-refractivity contribution in [3.05, 3.63) is 182 Å². The molecule has 0 aliphatic rings. The third-order valence-corrected chi connectivity index (χ3v) is 13.7. The lowest BCUT2D eigenvalue weighted by atomic mass is 10.0. The van der Waals surface area contributed by atoms with Gasteiger partial charge in [-0.25, -0.2) is 15.0 Å². The van der Waals surface area contributed by atoms with E-state index in [9.17, 15) is 0 Å². The largest absolute Gasteiger partial charge is 0.309 e. The molecule has 0 spiro atoms. The second-order valence-electron chi connectivity index (χ2n) is 14.4. The number of rotatable bonds is 5. The Hall–Kier alpha value is -6.99. The molecule has 0 saturated carbocycles. The highest BCUT2D eigenvalue weighted by molar-refractivity contribution is 7.33. The average Bonchev–Trinajstić information content (AvgIpc) is 3.96. The quantitative estimate of drug-likeness (QED) is 0.175. The molecule has 57 heavy (non-hydrogen) atoms. The maximum absolute atomic E-state index is 5.03. The van der Waals surface area contributed by atoms with Gasteiger partial charge in [-0.2, -0.15) is 0 Å². The zero-order chi connectivity index (χ0) is 37.5. The first-order valence-corrected chi connectivity index (χ1v) is 20.7. The van der Waals surface area contributed by atoms with Gasteiger partial charge in [-0.1, -0.05) is 146 Å². The van der Waals surface area contributed by atoms with Crippen LogP contribution in [-0.2, 0) is 0 Å². The first kappa shape index (κ1) is 32.3. The molecule has 0 fully saturated rings. The molecular formula is C51H30N4S2. The van der Waals surface area contributed by atoms with E-state index in [0.717, 1.165) is 33.4 Å². The Morgan fingerprint density at radius 2 is 0.895 bits per heavy atom. The minimum absolute atomic E-state index is 0.636. The Kier molecular flexibility index (Phi) is 7.24. The van der Waals surface area contributed by atoms with Crippen LogP contribution in [0.25, 0.3) is 113 Å². The minimum atomic E-state index is 0.636. The van der Waals surface area contributed by atoms with Crippen LogP contribution in [0, 0.1) is 0 Å². The topological polar surface area (TPSA) is 43.6 Å². The van der Waals surface area contributed by atoms with Crippen LogP contribution in [0.2, 0.25) is 0 Å². The van der Waals surface area contributed by atoms with E-state index in [1.807, 2.05) is 83.3 Å². The predicted molar refractivity (Wildman–Crippen MR) is 242 cm³/mol. The molecule has 0 aliphatic carbocycles. The van der Waals surface area contributed by atoms with Crippen molar-refractivity contribution in [3.8, 4) is 51.0 Å². The normalized spacial score (nSPS) is 11.9. The third-order valence-electron chi connectivity index (χ3n) is 11.1. The molecule has 12 rings (SSSR count). The number of para-hydroxylation sites is 1. The van der Waals surface area contributed by atoms with E-state index in [-0.39, 0.29) is 0 Å². The molecule has 0 atom stereocenters. The summed E-state index contributed by atoms with van der Waals surface area (Å²) in [5, 5.41) is 7.77. The molecule has 4 heterocycles. The summed E-state index contributed by atoms with van der Waals surface area (Å²) in [5.74, 6) is 1.93. The molecule has 12 aromatic rings. The van der Waals surface area contributed by atoms with E-state index in [4.69, 9.17) is 15.0 Å². The third kappa shape index (κ3) is 5.15. The van der Waals surface area contributed by atoms with Crippen molar-refractivity contribution in [2.24, 2.45) is 0 Å². The van der Waals surface area contributed by atoms with Gasteiger partial charge in [0.15, 0.2) is 17.5 Å². The summed E-state index contributed by atoms with van der Waals surface area (Å²) >= 11 is 3.83. The highest BCUT2D eigenvalue weighted by Crippen LogP contribution is 2.47.